The molecule has 10 nitrogen and oxygen atoms in total. The van der Waals surface area contributed by atoms with Crippen LogP contribution in [0.1, 0.15) is 27.9 Å². The van der Waals surface area contributed by atoms with Gasteiger partial charge in [0.25, 0.3) is 5.56 Å². The van der Waals surface area contributed by atoms with Gasteiger partial charge in [-0.05, 0) is 24.6 Å². The van der Waals surface area contributed by atoms with E-state index in [1.165, 1.54) is 17.7 Å². The number of benzene rings is 2. The van der Waals surface area contributed by atoms with Crippen LogP contribution >= 0.6 is 0 Å². The SMILES string of the molecule is Cn1c(NCCN(CCO)CCCOc2ccc(C(=O)c3ccccc3)cc2C#N)cc(=O)n(C)c1=O. The van der Waals surface area contributed by atoms with Gasteiger partial charge in [-0.1, -0.05) is 30.3 Å². The lowest BCUT2D eigenvalue weighted by Gasteiger charge is -2.22. The highest BCUT2D eigenvalue weighted by molar-refractivity contribution is 6.09. The summed E-state index contributed by atoms with van der Waals surface area (Å²) in [5, 5.41) is 22.1. The molecule has 1 aromatic heterocycles. The standard InChI is InChI=1S/C27H31N5O5/c1-30-24(18-25(34)31(2)27(30)36)29-11-13-32(14-15-33)12-6-16-37-23-10-9-21(17-22(23)19-28)26(35)20-7-4-3-5-8-20/h3-5,7-10,17-18,29,33H,6,11-16H2,1-2H3. The summed E-state index contributed by atoms with van der Waals surface area (Å²) in [6.07, 6.45) is 0.639. The third-order valence-electron chi connectivity index (χ3n) is 5.95. The van der Waals surface area contributed by atoms with Crippen molar-refractivity contribution in [1.29, 1.82) is 5.26 Å². The van der Waals surface area contributed by atoms with Gasteiger partial charge in [0, 0.05) is 57.5 Å². The van der Waals surface area contributed by atoms with Crippen LogP contribution in [-0.4, -0.2) is 64.3 Å². The number of nitrogens with one attached hydrogen (secondary N) is 1. The van der Waals surface area contributed by atoms with Crippen LogP contribution in [0, 0.1) is 11.3 Å². The molecular formula is C27H31N5O5. The second kappa shape index (κ2) is 13.2. The molecule has 0 saturated carbocycles. The van der Waals surface area contributed by atoms with Crippen LogP contribution in [0.25, 0.3) is 0 Å². The molecule has 0 aliphatic heterocycles. The predicted octanol–water partition coefficient (Wildman–Crippen LogP) is 1.36. The number of ketones is 1. The first kappa shape index (κ1) is 27.4. The van der Waals surface area contributed by atoms with Crippen molar-refractivity contribution in [3.05, 3.63) is 92.1 Å². The number of carbonyl (C=O) groups excluding carboxylic acids is 1. The zero-order valence-corrected chi connectivity index (χ0v) is 21.0. The Labute approximate surface area is 215 Å². The Morgan fingerprint density at radius 1 is 1.03 bits per heavy atom. The van der Waals surface area contributed by atoms with E-state index in [0.717, 1.165) is 4.57 Å². The fourth-order valence-corrected chi connectivity index (χ4v) is 3.83. The number of ether oxygens (including phenoxy) is 1. The minimum Gasteiger partial charge on any atom is -0.492 e. The number of hydrogen-bond donors (Lipinski definition) is 2. The normalized spacial score (nSPS) is 10.8. The fourth-order valence-electron chi connectivity index (χ4n) is 3.83. The highest BCUT2D eigenvalue weighted by Crippen LogP contribution is 2.21. The number of anilines is 1. The van der Waals surface area contributed by atoms with Gasteiger partial charge < -0.3 is 15.2 Å². The van der Waals surface area contributed by atoms with Gasteiger partial charge in [0.15, 0.2) is 5.78 Å². The zero-order valence-electron chi connectivity index (χ0n) is 21.0. The smallest absolute Gasteiger partial charge is 0.332 e. The topological polar surface area (TPSA) is 130 Å². The van der Waals surface area contributed by atoms with Gasteiger partial charge in [0.1, 0.15) is 17.6 Å². The van der Waals surface area contributed by atoms with Crippen LogP contribution in [0.3, 0.4) is 0 Å². The molecule has 1 heterocycles. The summed E-state index contributed by atoms with van der Waals surface area (Å²) in [5.41, 5.74) is 0.469. The number of rotatable bonds is 13. The van der Waals surface area contributed by atoms with E-state index >= 15 is 0 Å². The van der Waals surface area contributed by atoms with Gasteiger partial charge in [0.05, 0.1) is 18.8 Å². The van der Waals surface area contributed by atoms with Gasteiger partial charge >= 0.3 is 5.69 Å². The molecular weight excluding hydrogens is 474 g/mol. The van der Waals surface area contributed by atoms with Gasteiger partial charge in [-0.2, -0.15) is 5.26 Å². The molecule has 0 saturated heterocycles. The van der Waals surface area contributed by atoms with Crippen molar-refractivity contribution in [3.8, 4) is 11.8 Å². The van der Waals surface area contributed by atoms with E-state index in [1.54, 1.807) is 49.5 Å². The van der Waals surface area contributed by atoms with Gasteiger partial charge in [-0.25, -0.2) is 4.79 Å². The lowest BCUT2D eigenvalue weighted by molar-refractivity contribution is 0.103. The third-order valence-corrected chi connectivity index (χ3v) is 5.95. The maximum absolute atomic E-state index is 12.7. The Hall–Kier alpha value is -4.20. The predicted molar refractivity (Wildman–Crippen MR) is 140 cm³/mol. The van der Waals surface area contributed by atoms with Gasteiger partial charge in [-0.15, -0.1) is 0 Å². The molecule has 0 fully saturated rings. The molecule has 194 valence electrons. The first-order chi connectivity index (χ1) is 17.8. The van der Waals surface area contributed by atoms with Crippen molar-refractivity contribution in [1.82, 2.24) is 14.0 Å². The van der Waals surface area contributed by atoms with Crippen molar-refractivity contribution in [2.75, 3.05) is 44.7 Å². The quantitative estimate of drug-likeness (QED) is 0.263. The Balaban J connectivity index is 1.51. The van der Waals surface area contributed by atoms with E-state index in [0.29, 0.717) is 61.9 Å². The summed E-state index contributed by atoms with van der Waals surface area (Å²) in [7, 11) is 3.02. The summed E-state index contributed by atoms with van der Waals surface area (Å²) in [5.74, 6) is 0.681. The Bertz CT molecular complexity index is 1370. The van der Waals surface area contributed by atoms with Crippen molar-refractivity contribution < 1.29 is 14.6 Å². The lowest BCUT2D eigenvalue weighted by Crippen LogP contribution is -2.38. The summed E-state index contributed by atoms with van der Waals surface area (Å²) in [6.45, 7) is 2.46. The molecule has 10 heteroatoms. The fraction of sp³-hybridized carbons (Fsp3) is 0.333. The largest absolute Gasteiger partial charge is 0.492 e. The minimum absolute atomic E-state index is 0.0132. The average Bonchev–Trinajstić information content (AvgIpc) is 2.92. The molecule has 0 aliphatic rings. The van der Waals surface area contributed by atoms with Crippen molar-refractivity contribution in [2.45, 2.75) is 6.42 Å². The maximum Gasteiger partial charge on any atom is 0.332 e. The van der Waals surface area contributed by atoms with E-state index < -0.39 is 5.69 Å². The van der Waals surface area contributed by atoms with Crippen molar-refractivity contribution >= 4 is 11.6 Å². The van der Waals surface area contributed by atoms with E-state index in [1.807, 2.05) is 11.0 Å². The summed E-state index contributed by atoms with van der Waals surface area (Å²) in [6, 6.07) is 17.2. The first-order valence-corrected chi connectivity index (χ1v) is 12.0. The van der Waals surface area contributed by atoms with Crippen LogP contribution in [0.4, 0.5) is 5.82 Å². The molecule has 0 amide bonds. The van der Waals surface area contributed by atoms with Crippen LogP contribution in [0.15, 0.2) is 64.2 Å². The van der Waals surface area contributed by atoms with Crippen LogP contribution in [0.5, 0.6) is 5.75 Å². The van der Waals surface area contributed by atoms with E-state index in [2.05, 4.69) is 11.4 Å². The monoisotopic (exact) mass is 505 g/mol. The Morgan fingerprint density at radius 3 is 2.49 bits per heavy atom. The highest BCUT2D eigenvalue weighted by Gasteiger charge is 2.13. The number of aliphatic hydroxyl groups is 1. The maximum atomic E-state index is 12.7. The van der Waals surface area contributed by atoms with E-state index in [4.69, 9.17) is 4.74 Å². The van der Waals surface area contributed by atoms with Crippen LogP contribution < -0.4 is 21.3 Å². The lowest BCUT2D eigenvalue weighted by atomic mass is 10.0. The van der Waals surface area contributed by atoms with Gasteiger partial charge in [0.2, 0.25) is 0 Å². The zero-order chi connectivity index (χ0) is 26.8. The molecule has 0 unspecified atom stereocenters. The molecule has 0 aliphatic carbocycles. The van der Waals surface area contributed by atoms with Crippen molar-refractivity contribution in [3.63, 3.8) is 0 Å². The second-order valence-corrected chi connectivity index (χ2v) is 8.48. The molecule has 0 atom stereocenters. The number of aromatic nitrogens is 2. The summed E-state index contributed by atoms with van der Waals surface area (Å²) in [4.78, 5) is 38.6. The number of nitrogens with zero attached hydrogens (tertiary/aromatic N) is 4. The number of nitriles is 1. The molecule has 3 rings (SSSR count). The molecule has 2 N–H and O–H groups in total. The van der Waals surface area contributed by atoms with E-state index in [-0.39, 0.29) is 23.5 Å². The molecule has 2 aromatic carbocycles. The van der Waals surface area contributed by atoms with Gasteiger partial charge in [-0.3, -0.25) is 23.6 Å². The molecule has 0 spiro atoms. The van der Waals surface area contributed by atoms with Crippen LogP contribution in [0.2, 0.25) is 0 Å². The molecule has 0 bridgehead atoms. The second-order valence-electron chi connectivity index (χ2n) is 8.48. The molecule has 0 radical (unpaired) electrons. The number of hydrogen-bond acceptors (Lipinski definition) is 8. The Kier molecular flexibility index (Phi) is 9.77. The highest BCUT2D eigenvalue weighted by atomic mass is 16.5. The first-order valence-electron chi connectivity index (χ1n) is 12.0. The summed E-state index contributed by atoms with van der Waals surface area (Å²) < 4.78 is 8.22. The number of carbonyl (C=O) groups is 1. The number of aliphatic hydroxyl groups excluding tert-OH is 1. The van der Waals surface area contributed by atoms with Crippen molar-refractivity contribution in [2.24, 2.45) is 14.1 Å². The minimum atomic E-state index is -0.409. The Morgan fingerprint density at radius 2 is 1.78 bits per heavy atom. The molecule has 3 aromatic rings. The average molecular weight is 506 g/mol. The van der Waals surface area contributed by atoms with Crippen LogP contribution in [-0.2, 0) is 14.1 Å². The van der Waals surface area contributed by atoms with E-state index in [9.17, 15) is 24.8 Å². The summed E-state index contributed by atoms with van der Waals surface area (Å²) >= 11 is 0. The third kappa shape index (κ3) is 7.16. The molecule has 37 heavy (non-hydrogen) atoms.